The van der Waals surface area contributed by atoms with Crippen LogP contribution in [0, 0.1) is 40.3 Å². The van der Waals surface area contributed by atoms with Gasteiger partial charge in [-0.05, 0) is 54.7 Å². The molecule has 1 aromatic heterocycles. The van der Waals surface area contributed by atoms with E-state index in [9.17, 15) is 16.3 Å². The molecule has 7 rings (SSSR count). The molecule has 4 aromatic rings. The highest BCUT2D eigenvalue weighted by Crippen LogP contribution is 2.49. The van der Waals surface area contributed by atoms with E-state index in [1.165, 1.54) is 18.3 Å². The van der Waals surface area contributed by atoms with Crippen LogP contribution < -0.4 is 21.6 Å². The lowest BCUT2D eigenvalue weighted by Crippen LogP contribution is -2.38. The van der Waals surface area contributed by atoms with Gasteiger partial charge in [0.2, 0.25) is 0 Å². The van der Waals surface area contributed by atoms with Crippen LogP contribution in [-0.2, 0) is 0 Å². The van der Waals surface area contributed by atoms with Gasteiger partial charge in [-0.2, -0.15) is 10.5 Å². The molecular weight excluding hydrogens is 563 g/mol. The second kappa shape index (κ2) is 11.1. The van der Waals surface area contributed by atoms with Gasteiger partial charge in [-0.15, -0.1) is 5.53 Å². The standard InChI is InChI=1S/C33H28ClFN8/c34-28-14-24(39-32(20-6-8-23(35)9-7-20)29-18-43(42-41-29)25-10-11-25)13-27-31(22(16-37)17-38-33(27)28)40-30(26-12-21(26)15-36)19-4-2-1-3-5-19/h1-9,13-14,17-18,21,25-26,30,32,39,41-42H,10-12H2,(H,38,40)/t21-,26?,30+,32-/m1/s1/i32D. The molecule has 10 heteroatoms. The van der Waals surface area contributed by atoms with Crippen LogP contribution >= 0.6 is 11.6 Å². The number of hydrogen-bond donors (Lipinski definition) is 4. The summed E-state index contributed by atoms with van der Waals surface area (Å²) in [7, 11) is 0. The Balaban J connectivity index is 1.32. The third kappa shape index (κ3) is 5.41. The number of nitrogens with zero attached hydrogens (tertiary/aromatic N) is 4. The van der Waals surface area contributed by atoms with Crippen LogP contribution in [-0.4, -0.2) is 16.0 Å². The molecule has 0 bridgehead atoms. The number of anilines is 2. The number of aromatic nitrogens is 1. The number of nitrogens with one attached hydrogen (secondary N) is 4. The van der Waals surface area contributed by atoms with Crippen molar-refractivity contribution >= 4 is 33.9 Å². The van der Waals surface area contributed by atoms with E-state index in [0.717, 1.165) is 24.8 Å². The Morgan fingerprint density at radius 2 is 1.86 bits per heavy atom. The molecule has 8 nitrogen and oxygen atoms in total. The average molecular weight is 592 g/mol. The highest BCUT2D eigenvalue weighted by molar-refractivity contribution is 6.35. The number of benzene rings is 3. The van der Waals surface area contributed by atoms with E-state index in [-0.39, 0.29) is 17.9 Å². The van der Waals surface area contributed by atoms with E-state index in [1.807, 2.05) is 47.6 Å². The summed E-state index contributed by atoms with van der Waals surface area (Å²) in [5.74, 6) is -0.401. The summed E-state index contributed by atoms with van der Waals surface area (Å²) in [6.45, 7) is 0. The van der Waals surface area contributed by atoms with E-state index < -0.39 is 11.8 Å². The molecule has 1 aliphatic heterocycles. The molecule has 2 fully saturated rings. The molecule has 2 aliphatic carbocycles. The van der Waals surface area contributed by atoms with Crippen molar-refractivity contribution in [2.45, 2.75) is 37.4 Å². The Kier molecular flexibility index (Phi) is 6.68. The topological polar surface area (TPSA) is 112 Å². The fourth-order valence-corrected chi connectivity index (χ4v) is 5.89. The highest BCUT2D eigenvalue weighted by atomic mass is 35.5. The molecule has 4 N–H and O–H groups in total. The molecular formula is C33H28ClFN8. The monoisotopic (exact) mass is 591 g/mol. The Hall–Kier alpha value is -4.83. The Labute approximate surface area is 255 Å². The van der Waals surface area contributed by atoms with Crippen molar-refractivity contribution in [1.29, 1.82) is 10.5 Å². The Morgan fingerprint density at radius 3 is 2.56 bits per heavy atom. The van der Waals surface area contributed by atoms with Crippen LogP contribution in [0.2, 0.25) is 5.02 Å². The fraction of sp³-hybridized carbons (Fsp3) is 0.242. The second-order valence-corrected chi connectivity index (χ2v) is 11.5. The van der Waals surface area contributed by atoms with Crippen molar-refractivity contribution in [3.05, 3.63) is 112 Å². The van der Waals surface area contributed by atoms with Crippen LogP contribution in [0.25, 0.3) is 10.9 Å². The zero-order valence-electron chi connectivity index (χ0n) is 24.0. The van der Waals surface area contributed by atoms with Gasteiger partial charge >= 0.3 is 0 Å². The fourth-order valence-electron chi connectivity index (χ4n) is 5.62. The van der Waals surface area contributed by atoms with Crippen LogP contribution in [0.5, 0.6) is 0 Å². The molecule has 0 amide bonds. The molecule has 3 aliphatic rings. The van der Waals surface area contributed by atoms with Crippen molar-refractivity contribution < 1.29 is 5.76 Å². The number of hydrazine groups is 2. The number of pyridine rings is 1. The summed E-state index contributed by atoms with van der Waals surface area (Å²) in [5, 5.41) is 29.5. The van der Waals surface area contributed by atoms with Gasteiger partial charge < -0.3 is 16.1 Å². The summed E-state index contributed by atoms with van der Waals surface area (Å²) in [4.78, 5) is 4.50. The first kappa shape index (κ1) is 25.8. The van der Waals surface area contributed by atoms with Gasteiger partial charge in [0.25, 0.3) is 0 Å². The zero-order valence-corrected chi connectivity index (χ0v) is 23.7. The molecule has 214 valence electrons. The smallest absolute Gasteiger partial charge is 0.123 e. The van der Waals surface area contributed by atoms with Crippen LogP contribution in [0.3, 0.4) is 0 Å². The summed E-state index contributed by atoms with van der Waals surface area (Å²) in [6, 6.07) is 22.4. The van der Waals surface area contributed by atoms with E-state index >= 15 is 0 Å². The largest absolute Gasteiger partial charge is 0.376 e. The molecule has 1 unspecified atom stereocenters. The predicted molar refractivity (Wildman–Crippen MR) is 163 cm³/mol. The summed E-state index contributed by atoms with van der Waals surface area (Å²) >= 11 is 6.81. The summed E-state index contributed by atoms with van der Waals surface area (Å²) < 4.78 is 23.6. The maximum absolute atomic E-state index is 13.9. The van der Waals surface area contributed by atoms with Gasteiger partial charge in [-0.25, -0.2) is 4.39 Å². The molecule has 0 radical (unpaired) electrons. The van der Waals surface area contributed by atoms with Gasteiger partial charge in [-0.1, -0.05) is 54.1 Å². The minimum Gasteiger partial charge on any atom is -0.376 e. The summed E-state index contributed by atoms with van der Waals surface area (Å²) in [6.07, 6.45) is 6.22. The van der Waals surface area contributed by atoms with Gasteiger partial charge in [0.05, 0.1) is 52.9 Å². The van der Waals surface area contributed by atoms with Crippen molar-refractivity contribution in [2.75, 3.05) is 10.6 Å². The molecule has 2 heterocycles. The molecule has 43 heavy (non-hydrogen) atoms. The Bertz CT molecular complexity index is 1850. The minimum absolute atomic E-state index is 0.0793. The van der Waals surface area contributed by atoms with Crippen molar-refractivity contribution in [3.63, 3.8) is 0 Å². The van der Waals surface area contributed by atoms with E-state index in [1.54, 1.807) is 18.2 Å². The number of hydrogen-bond acceptors (Lipinski definition) is 8. The molecule has 0 saturated heterocycles. The highest BCUT2D eigenvalue weighted by Gasteiger charge is 2.44. The lowest BCUT2D eigenvalue weighted by Gasteiger charge is -2.24. The lowest BCUT2D eigenvalue weighted by atomic mass is 9.99. The van der Waals surface area contributed by atoms with Gasteiger partial charge in [-0.3, -0.25) is 9.99 Å². The quantitative estimate of drug-likeness (QED) is 0.170. The third-order valence-electron chi connectivity index (χ3n) is 8.14. The van der Waals surface area contributed by atoms with Crippen molar-refractivity contribution in [3.8, 4) is 12.1 Å². The number of fused-ring (bicyclic) bond motifs is 1. The number of halogens is 2. The molecule has 4 atom stereocenters. The normalized spacial score (nSPS) is 21.4. The van der Waals surface area contributed by atoms with Crippen LogP contribution in [0.4, 0.5) is 15.8 Å². The SMILES string of the molecule is [2H][C@](Nc1cc(Cl)c2ncc(C#N)c(N[C@@H](c3ccccc3)C3C[C@@H]3C#N)c2c1)(C1=CN(C2CC2)NN1)c1ccc(F)cc1. The van der Waals surface area contributed by atoms with Gasteiger partial charge in [0.1, 0.15) is 11.9 Å². The molecule has 2 saturated carbocycles. The third-order valence-corrected chi connectivity index (χ3v) is 8.43. The van der Waals surface area contributed by atoms with Crippen LogP contribution in [0.1, 0.15) is 49.4 Å². The minimum atomic E-state index is -1.56. The lowest BCUT2D eigenvalue weighted by molar-refractivity contribution is 0.260. The Morgan fingerprint density at radius 1 is 1.07 bits per heavy atom. The van der Waals surface area contributed by atoms with Crippen molar-refractivity contribution in [2.24, 2.45) is 11.8 Å². The van der Waals surface area contributed by atoms with Crippen LogP contribution in [0.15, 0.2) is 84.8 Å². The first-order chi connectivity index (χ1) is 21.4. The maximum atomic E-state index is 13.9. The zero-order chi connectivity index (χ0) is 30.4. The van der Waals surface area contributed by atoms with E-state index in [4.69, 9.17) is 11.6 Å². The molecule has 0 spiro atoms. The number of nitriles is 2. The maximum Gasteiger partial charge on any atom is 0.123 e. The molecule has 3 aromatic carbocycles. The first-order valence-electron chi connectivity index (χ1n) is 14.7. The van der Waals surface area contributed by atoms with Crippen molar-refractivity contribution in [1.82, 2.24) is 21.0 Å². The predicted octanol–water partition coefficient (Wildman–Crippen LogP) is 6.69. The first-order valence-corrected chi connectivity index (χ1v) is 14.6. The van der Waals surface area contributed by atoms with E-state index in [0.29, 0.717) is 50.2 Å². The summed E-state index contributed by atoms with van der Waals surface area (Å²) in [5.41, 5.74) is 10.2. The second-order valence-electron chi connectivity index (χ2n) is 11.1. The number of rotatable bonds is 9. The van der Waals surface area contributed by atoms with E-state index in [2.05, 4.69) is 38.7 Å². The van der Waals surface area contributed by atoms with Gasteiger partial charge in [0, 0.05) is 35.4 Å². The average Bonchev–Trinajstić information content (AvgIpc) is 3.98. The van der Waals surface area contributed by atoms with Gasteiger partial charge in [0.15, 0.2) is 0 Å².